The van der Waals surface area contributed by atoms with Crippen LogP contribution in [0.25, 0.3) is 5.57 Å². The van der Waals surface area contributed by atoms with E-state index < -0.39 is 5.60 Å². The second-order valence-corrected chi connectivity index (χ2v) is 7.77. The Labute approximate surface area is 188 Å². The molecule has 2 nitrogen and oxygen atoms in total. The summed E-state index contributed by atoms with van der Waals surface area (Å²) in [5.41, 5.74) is 8.32. The lowest BCUT2D eigenvalue weighted by molar-refractivity contribution is -0.145. The van der Waals surface area contributed by atoms with E-state index in [0.717, 1.165) is 33.4 Å². The standard InChI is InChI=1S/C30H22O2/c31-29-22-27(21-28(23-13-5-1-6-14-23)24-15-7-2-8-16-24)30(32-29,25-17-9-3-10-18-25)26-19-11-4-12-20-26/h1-20H,22H2. The molecule has 0 spiro atoms. The minimum atomic E-state index is -1.01. The molecule has 0 unspecified atom stereocenters. The van der Waals surface area contributed by atoms with E-state index in [9.17, 15) is 4.79 Å². The summed E-state index contributed by atoms with van der Waals surface area (Å²) < 4.78 is 6.15. The van der Waals surface area contributed by atoms with E-state index in [2.05, 4.69) is 30.0 Å². The van der Waals surface area contributed by atoms with Gasteiger partial charge in [-0.15, -0.1) is 5.73 Å². The fraction of sp³-hybridized carbons (Fsp3) is 0.0667. The van der Waals surface area contributed by atoms with Gasteiger partial charge in [0.25, 0.3) is 0 Å². The molecule has 0 atom stereocenters. The van der Waals surface area contributed by atoms with Crippen LogP contribution < -0.4 is 0 Å². The molecule has 0 amide bonds. The van der Waals surface area contributed by atoms with E-state index in [4.69, 9.17) is 4.74 Å². The third-order valence-electron chi connectivity index (χ3n) is 5.77. The fourth-order valence-electron chi connectivity index (χ4n) is 4.32. The average Bonchev–Trinajstić information content (AvgIpc) is 3.21. The summed E-state index contributed by atoms with van der Waals surface area (Å²) in [5, 5.41) is 0. The SMILES string of the molecule is O=C1CC(=C=C(c2ccccc2)c2ccccc2)C(c2ccccc2)(c2ccccc2)O1. The molecule has 1 fully saturated rings. The highest BCUT2D eigenvalue weighted by Gasteiger charge is 2.48. The summed E-state index contributed by atoms with van der Waals surface area (Å²) in [7, 11) is 0. The molecule has 1 saturated heterocycles. The number of benzene rings is 4. The summed E-state index contributed by atoms with van der Waals surface area (Å²) in [6.07, 6.45) is 0.187. The zero-order valence-corrected chi connectivity index (χ0v) is 17.6. The predicted molar refractivity (Wildman–Crippen MR) is 127 cm³/mol. The molecule has 4 aromatic carbocycles. The molecule has 2 heteroatoms. The minimum absolute atomic E-state index is 0.187. The summed E-state index contributed by atoms with van der Waals surface area (Å²) in [6.45, 7) is 0. The Bertz CT molecular complexity index is 1200. The average molecular weight is 415 g/mol. The van der Waals surface area contributed by atoms with Gasteiger partial charge in [-0.2, -0.15) is 0 Å². The monoisotopic (exact) mass is 414 g/mol. The van der Waals surface area contributed by atoms with Gasteiger partial charge in [0.05, 0.1) is 6.42 Å². The van der Waals surface area contributed by atoms with E-state index >= 15 is 0 Å². The lowest BCUT2D eigenvalue weighted by atomic mass is 9.80. The van der Waals surface area contributed by atoms with Crippen LogP contribution in [0, 0.1) is 0 Å². The highest BCUT2D eigenvalue weighted by Crippen LogP contribution is 2.46. The van der Waals surface area contributed by atoms with Gasteiger partial charge in [0.2, 0.25) is 0 Å². The maximum Gasteiger partial charge on any atom is 0.312 e. The Morgan fingerprint density at radius 2 is 1.03 bits per heavy atom. The molecule has 32 heavy (non-hydrogen) atoms. The number of hydrogen-bond donors (Lipinski definition) is 0. The first-order valence-corrected chi connectivity index (χ1v) is 10.7. The molecule has 1 aliphatic rings. The maximum atomic E-state index is 12.8. The van der Waals surface area contributed by atoms with Gasteiger partial charge < -0.3 is 4.74 Å². The van der Waals surface area contributed by atoms with Crippen LogP contribution in [0.4, 0.5) is 0 Å². The van der Waals surface area contributed by atoms with Crippen molar-refractivity contribution in [3.05, 3.63) is 155 Å². The van der Waals surface area contributed by atoms with Gasteiger partial charge in [-0.1, -0.05) is 121 Å². The molecule has 0 N–H and O–H groups in total. The number of rotatable bonds is 4. The van der Waals surface area contributed by atoms with Crippen LogP contribution in [-0.4, -0.2) is 5.97 Å². The van der Waals surface area contributed by atoms with Gasteiger partial charge in [0, 0.05) is 22.3 Å². The molecule has 1 heterocycles. The Kier molecular flexibility index (Phi) is 5.29. The normalized spacial score (nSPS) is 14.5. The van der Waals surface area contributed by atoms with Gasteiger partial charge in [-0.3, -0.25) is 4.79 Å². The molecule has 154 valence electrons. The molecule has 5 rings (SSSR count). The van der Waals surface area contributed by atoms with Gasteiger partial charge in [0.15, 0.2) is 5.60 Å². The summed E-state index contributed by atoms with van der Waals surface area (Å²) in [5.74, 6) is -0.249. The second kappa shape index (κ2) is 8.55. The molecule has 0 aliphatic carbocycles. The minimum Gasteiger partial charge on any atom is -0.444 e. The first kappa shape index (κ1) is 19.8. The number of hydrogen-bond acceptors (Lipinski definition) is 2. The predicted octanol–water partition coefficient (Wildman–Crippen LogP) is 6.53. The van der Waals surface area contributed by atoms with Crippen LogP contribution in [0.3, 0.4) is 0 Å². The number of ether oxygens (including phenoxy) is 1. The zero-order valence-electron chi connectivity index (χ0n) is 17.6. The number of carbonyl (C=O) groups excluding carboxylic acids is 1. The molecular formula is C30H22O2. The van der Waals surface area contributed by atoms with Gasteiger partial charge in [0.1, 0.15) is 0 Å². The fourth-order valence-corrected chi connectivity index (χ4v) is 4.32. The summed E-state index contributed by atoms with van der Waals surface area (Å²) in [6, 6.07) is 40.2. The van der Waals surface area contributed by atoms with Crippen molar-refractivity contribution in [2.45, 2.75) is 12.0 Å². The van der Waals surface area contributed by atoms with Gasteiger partial charge in [-0.25, -0.2) is 0 Å². The molecule has 0 radical (unpaired) electrons. The van der Waals surface area contributed by atoms with Crippen molar-refractivity contribution in [2.75, 3.05) is 0 Å². The lowest BCUT2D eigenvalue weighted by Gasteiger charge is -2.29. The first-order valence-electron chi connectivity index (χ1n) is 10.7. The van der Waals surface area contributed by atoms with Crippen molar-refractivity contribution in [3.8, 4) is 0 Å². The number of esters is 1. The highest BCUT2D eigenvalue weighted by molar-refractivity contribution is 5.84. The van der Waals surface area contributed by atoms with Gasteiger partial charge >= 0.3 is 5.97 Å². The van der Waals surface area contributed by atoms with Crippen molar-refractivity contribution in [1.82, 2.24) is 0 Å². The summed E-state index contributed by atoms with van der Waals surface area (Å²) >= 11 is 0. The van der Waals surface area contributed by atoms with E-state index in [1.54, 1.807) is 0 Å². The third-order valence-corrected chi connectivity index (χ3v) is 5.77. The van der Waals surface area contributed by atoms with Crippen LogP contribution in [-0.2, 0) is 15.1 Å². The maximum absolute atomic E-state index is 12.8. The van der Waals surface area contributed by atoms with Crippen molar-refractivity contribution in [2.24, 2.45) is 0 Å². The quantitative estimate of drug-likeness (QED) is 0.280. The van der Waals surface area contributed by atoms with Crippen LogP contribution in [0.15, 0.2) is 133 Å². The highest BCUT2D eigenvalue weighted by atomic mass is 16.6. The molecular weight excluding hydrogens is 392 g/mol. The molecule has 0 aromatic heterocycles. The lowest BCUT2D eigenvalue weighted by Crippen LogP contribution is -2.28. The zero-order chi connectivity index (χ0) is 21.8. The van der Waals surface area contributed by atoms with Crippen molar-refractivity contribution in [3.63, 3.8) is 0 Å². The van der Waals surface area contributed by atoms with E-state index in [1.807, 2.05) is 97.1 Å². The Morgan fingerprint density at radius 3 is 1.47 bits per heavy atom. The second-order valence-electron chi connectivity index (χ2n) is 7.77. The van der Waals surface area contributed by atoms with E-state index in [0.29, 0.717) is 0 Å². The van der Waals surface area contributed by atoms with E-state index in [1.165, 1.54) is 0 Å². The topological polar surface area (TPSA) is 26.3 Å². The third kappa shape index (κ3) is 3.58. The van der Waals surface area contributed by atoms with Crippen LogP contribution in [0.1, 0.15) is 28.7 Å². The molecule has 4 aromatic rings. The molecule has 0 bridgehead atoms. The largest absolute Gasteiger partial charge is 0.444 e. The Hall–Kier alpha value is -4.13. The van der Waals surface area contributed by atoms with Crippen LogP contribution in [0.2, 0.25) is 0 Å². The van der Waals surface area contributed by atoms with Crippen LogP contribution in [0.5, 0.6) is 0 Å². The number of carbonyl (C=O) groups is 1. The Morgan fingerprint density at radius 1 is 0.625 bits per heavy atom. The molecule has 1 aliphatic heterocycles. The van der Waals surface area contributed by atoms with E-state index in [-0.39, 0.29) is 12.4 Å². The van der Waals surface area contributed by atoms with Crippen molar-refractivity contribution < 1.29 is 9.53 Å². The van der Waals surface area contributed by atoms with Crippen LogP contribution >= 0.6 is 0 Å². The van der Waals surface area contributed by atoms with Crippen molar-refractivity contribution in [1.29, 1.82) is 0 Å². The molecule has 0 saturated carbocycles. The smallest absolute Gasteiger partial charge is 0.312 e. The first-order chi connectivity index (χ1) is 15.8. The van der Waals surface area contributed by atoms with Crippen molar-refractivity contribution >= 4 is 11.5 Å². The Balaban J connectivity index is 1.86. The number of cyclic esters (lactones) is 1. The summed E-state index contributed by atoms with van der Waals surface area (Å²) in [4.78, 5) is 12.8. The van der Waals surface area contributed by atoms with Gasteiger partial charge in [-0.05, 0) is 11.1 Å².